The van der Waals surface area contributed by atoms with Gasteiger partial charge in [-0.1, -0.05) is 48.5 Å². The molecule has 0 saturated carbocycles. The zero-order valence-corrected chi connectivity index (χ0v) is 13.5. The Morgan fingerprint density at radius 2 is 1.38 bits per heavy atom. The smallest absolute Gasteiger partial charge is 0.404 e. The highest BCUT2D eigenvalue weighted by Crippen LogP contribution is 2.43. The molecule has 0 fully saturated rings. The van der Waals surface area contributed by atoms with Crippen LogP contribution in [0.2, 0.25) is 0 Å². The van der Waals surface area contributed by atoms with Gasteiger partial charge in [-0.05, 0) is 45.1 Å². The molecule has 0 aliphatic carbocycles. The molecule has 0 aliphatic rings. The van der Waals surface area contributed by atoms with Crippen molar-refractivity contribution in [2.75, 3.05) is 0 Å². The van der Waals surface area contributed by atoms with Crippen LogP contribution in [0.25, 0.3) is 32.3 Å². The zero-order chi connectivity index (χ0) is 16.0. The average Bonchev–Trinajstić information content (AvgIpc) is 2.51. The molecule has 2 N–H and O–H groups in total. The molecule has 0 atom stereocenters. The van der Waals surface area contributed by atoms with Crippen molar-refractivity contribution in [1.29, 1.82) is 0 Å². The van der Waals surface area contributed by atoms with Crippen LogP contribution in [0.1, 0.15) is 0 Å². The minimum atomic E-state index is -4.62. The van der Waals surface area contributed by atoms with E-state index in [-0.39, 0.29) is 14.2 Å². The van der Waals surface area contributed by atoms with Crippen molar-refractivity contribution in [2.45, 2.75) is 0 Å². The first-order valence-corrected chi connectivity index (χ1v) is 8.64. The van der Waals surface area contributed by atoms with Crippen LogP contribution < -0.4 is 4.52 Å². The van der Waals surface area contributed by atoms with Crippen LogP contribution in [0.5, 0.6) is 5.75 Å². The van der Waals surface area contributed by atoms with E-state index in [0.29, 0.717) is 5.39 Å². The lowest BCUT2D eigenvalue weighted by molar-refractivity contribution is 0.284. The Morgan fingerprint density at radius 3 is 2.08 bits per heavy atom. The molecule has 0 spiro atoms. The second-order valence-electron chi connectivity index (χ2n) is 5.42. The van der Waals surface area contributed by atoms with Gasteiger partial charge in [-0.15, -0.1) is 0 Å². The van der Waals surface area contributed by atoms with E-state index in [2.05, 4.69) is 6.07 Å². The molecule has 6 heteroatoms. The van der Waals surface area contributed by atoms with Gasteiger partial charge in [-0.3, -0.25) is 9.79 Å². The molecule has 3 radical (unpaired) electrons. The molecule has 4 nitrogen and oxygen atoms in total. The van der Waals surface area contributed by atoms with E-state index in [0.717, 1.165) is 26.9 Å². The lowest BCUT2D eigenvalue weighted by Gasteiger charge is -2.12. The van der Waals surface area contributed by atoms with Crippen LogP contribution in [0.3, 0.4) is 0 Å². The summed E-state index contributed by atoms with van der Waals surface area (Å²) in [5.41, 5.74) is 0. The summed E-state index contributed by atoms with van der Waals surface area (Å²) in [4.78, 5) is 18.3. The van der Waals surface area contributed by atoms with Gasteiger partial charge in [0.1, 0.15) is 5.75 Å². The molecule has 0 bridgehead atoms. The molecular weight excluding hydrogens is 322 g/mol. The fourth-order valence-corrected chi connectivity index (χ4v) is 3.38. The molecule has 0 heterocycles. The lowest BCUT2D eigenvalue weighted by atomic mass is 9.98. The number of phosphoric acid groups is 1. The van der Waals surface area contributed by atoms with E-state index in [9.17, 15) is 4.57 Å². The molecule has 4 aromatic carbocycles. The number of fused-ring (bicyclic) bond motifs is 4. The van der Waals surface area contributed by atoms with Crippen LogP contribution in [-0.2, 0) is 4.57 Å². The monoisotopic (exact) mass is 335 g/mol. The van der Waals surface area contributed by atoms with Crippen LogP contribution >= 0.6 is 7.82 Å². The minimum Gasteiger partial charge on any atom is -0.404 e. The molecule has 24 heavy (non-hydrogen) atoms. The predicted molar refractivity (Wildman–Crippen MR) is 97.4 cm³/mol. The molecule has 0 aromatic heterocycles. The summed E-state index contributed by atoms with van der Waals surface area (Å²) in [5.74, 6) is 0.191. The van der Waals surface area contributed by atoms with E-state index >= 15 is 0 Å². The lowest BCUT2D eigenvalue weighted by Crippen LogP contribution is -1.91. The summed E-state index contributed by atoms with van der Waals surface area (Å²) < 4.78 is 16.2. The average molecular weight is 335 g/mol. The predicted octanol–water partition coefficient (Wildman–Crippen LogP) is 4.24. The van der Waals surface area contributed by atoms with Crippen molar-refractivity contribution in [3.8, 4) is 5.75 Å². The summed E-state index contributed by atoms with van der Waals surface area (Å²) in [6.45, 7) is 0. The first-order valence-electron chi connectivity index (χ1n) is 7.11. The normalized spacial score (nSPS) is 11.6. The third kappa shape index (κ3) is 2.90. The summed E-state index contributed by atoms with van der Waals surface area (Å²) in [5, 5.41) is 5.67. The van der Waals surface area contributed by atoms with Gasteiger partial charge in [0.05, 0.1) is 0 Å². The maximum atomic E-state index is 11.3. The molecule has 0 unspecified atom stereocenters. The maximum Gasteiger partial charge on any atom is 0.524 e. The van der Waals surface area contributed by atoms with Gasteiger partial charge in [0.25, 0.3) is 0 Å². The van der Waals surface area contributed by atoms with E-state index < -0.39 is 7.82 Å². The number of hydrogen-bond acceptors (Lipinski definition) is 2. The molecular formula is C18H13BO4P. The first-order chi connectivity index (χ1) is 11.0. The quantitative estimate of drug-likeness (QED) is 0.249. The van der Waals surface area contributed by atoms with Crippen molar-refractivity contribution in [3.05, 3.63) is 66.7 Å². The molecule has 0 saturated heterocycles. The summed E-state index contributed by atoms with van der Waals surface area (Å²) >= 11 is 0. The van der Waals surface area contributed by atoms with Crippen LogP contribution in [0.4, 0.5) is 0 Å². The van der Waals surface area contributed by atoms with Crippen molar-refractivity contribution in [2.24, 2.45) is 0 Å². The zero-order valence-electron chi connectivity index (χ0n) is 12.6. The number of hydrogen-bond donors (Lipinski definition) is 2. The largest absolute Gasteiger partial charge is 0.524 e. The summed E-state index contributed by atoms with van der Waals surface area (Å²) in [7, 11) is -4.62. The van der Waals surface area contributed by atoms with E-state index in [4.69, 9.17) is 14.3 Å². The molecule has 0 amide bonds. The van der Waals surface area contributed by atoms with E-state index in [1.165, 1.54) is 0 Å². The molecule has 4 aromatic rings. The Balaban J connectivity index is 0.00000169. The van der Waals surface area contributed by atoms with Gasteiger partial charge in [0.15, 0.2) is 0 Å². The Labute approximate surface area is 140 Å². The Morgan fingerprint density at radius 1 is 0.750 bits per heavy atom. The number of benzene rings is 4. The van der Waals surface area contributed by atoms with E-state index in [1.807, 2.05) is 48.5 Å². The van der Waals surface area contributed by atoms with Crippen LogP contribution in [0, 0.1) is 0 Å². The van der Waals surface area contributed by atoms with Crippen molar-refractivity contribution >= 4 is 48.6 Å². The summed E-state index contributed by atoms with van der Waals surface area (Å²) in [6, 6.07) is 21.2. The Bertz CT molecular complexity index is 1100. The summed E-state index contributed by atoms with van der Waals surface area (Å²) in [6.07, 6.45) is 0. The van der Waals surface area contributed by atoms with Gasteiger partial charge in [0.2, 0.25) is 0 Å². The molecule has 4 rings (SSSR count). The Hall–Kier alpha value is -2.33. The van der Waals surface area contributed by atoms with Crippen molar-refractivity contribution in [1.82, 2.24) is 0 Å². The molecule has 0 aliphatic heterocycles. The number of phosphoric ester groups is 1. The molecule has 117 valence electrons. The van der Waals surface area contributed by atoms with Crippen LogP contribution in [-0.4, -0.2) is 18.2 Å². The third-order valence-electron chi connectivity index (χ3n) is 3.91. The SMILES string of the molecule is O=P(O)(O)Oc1cccc2ccc3cc4ccccc4cc3c12.[B]. The highest BCUT2D eigenvalue weighted by atomic mass is 31.2. The van der Waals surface area contributed by atoms with Gasteiger partial charge < -0.3 is 4.52 Å². The van der Waals surface area contributed by atoms with Gasteiger partial charge in [-0.2, -0.15) is 0 Å². The maximum absolute atomic E-state index is 11.3. The van der Waals surface area contributed by atoms with Gasteiger partial charge in [-0.25, -0.2) is 4.57 Å². The van der Waals surface area contributed by atoms with Gasteiger partial charge in [0, 0.05) is 13.8 Å². The van der Waals surface area contributed by atoms with E-state index in [1.54, 1.807) is 12.1 Å². The second kappa shape index (κ2) is 5.95. The number of rotatable bonds is 2. The van der Waals surface area contributed by atoms with Crippen molar-refractivity contribution in [3.63, 3.8) is 0 Å². The minimum absolute atomic E-state index is 0. The second-order valence-corrected chi connectivity index (χ2v) is 6.59. The Kier molecular flexibility index (Phi) is 4.10. The highest BCUT2D eigenvalue weighted by Gasteiger charge is 2.18. The fraction of sp³-hybridized carbons (Fsp3) is 0. The van der Waals surface area contributed by atoms with Crippen LogP contribution in [0.15, 0.2) is 66.7 Å². The topological polar surface area (TPSA) is 66.8 Å². The van der Waals surface area contributed by atoms with Crippen molar-refractivity contribution < 1.29 is 18.9 Å². The standard InChI is InChI=1S/C18H13O4P.B/c19-23(20,21)22-17-7-3-6-12-8-9-15-10-13-4-1-2-5-14(13)11-16(15)18(12)17;/h1-11H,(H2,19,20,21);. The van der Waals surface area contributed by atoms with Gasteiger partial charge >= 0.3 is 7.82 Å². The first kappa shape index (κ1) is 16.5. The third-order valence-corrected chi connectivity index (χ3v) is 4.34. The fourth-order valence-electron chi connectivity index (χ4n) is 2.97. The highest BCUT2D eigenvalue weighted by molar-refractivity contribution is 7.46.